The summed E-state index contributed by atoms with van der Waals surface area (Å²) in [7, 11) is 1.56. The van der Waals surface area contributed by atoms with Crippen LogP contribution in [0.4, 0.5) is 5.69 Å². The zero-order valence-electron chi connectivity index (χ0n) is 17.7. The number of hydrogen-bond donors (Lipinski definition) is 0. The van der Waals surface area contributed by atoms with E-state index in [1.165, 1.54) is 4.90 Å². The van der Waals surface area contributed by atoms with Gasteiger partial charge in [-0.2, -0.15) is 0 Å². The minimum absolute atomic E-state index is 0.0629. The van der Waals surface area contributed by atoms with Crippen LogP contribution in [0.2, 0.25) is 0 Å². The van der Waals surface area contributed by atoms with Crippen LogP contribution in [0, 0.1) is 0 Å². The summed E-state index contributed by atoms with van der Waals surface area (Å²) >= 11 is 1.16. The molecule has 0 spiro atoms. The Balaban J connectivity index is 1.92. The highest BCUT2D eigenvalue weighted by Gasteiger charge is 2.32. The van der Waals surface area contributed by atoms with Gasteiger partial charge in [0.25, 0.3) is 5.91 Å². The van der Waals surface area contributed by atoms with Crippen LogP contribution < -0.4 is 14.4 Å². The first-order valence-corrected chi connectivity index (χ1v) is 10.8. The van der Waals surface area contributed by atoms with Crippen molar-refractivity contribution < 1.29 is 23.8 Å². The molecule has 0 N–H and O–H groups in total. The van der Waals surface area contributed by atoms with Crippen LogP contribution in [0.5, 0.6) is 11.5 Å². The number of aliphatic imine (C=N–C) groups is 1. The molecule has 0 bridgehead atoms. The number of benzene rings is 2. The Kier molecular flexibility index (Phi) is 7.72. The highest BCUT2D eigenvalue weighted by Crippen LogP contribution is 2.32. The summed E-state index contributed by atoms with van der Waals surface area (Å²) in [6, 6.07) is 14.6. The maximum atomic E-state index is 13.2. The van der Waals surface area contributed by atoms with Crippen LogP contribution in [0.3, 0.4) is 0 Å². The average molecular weight is 441 g/mol. The molecular weight excluding hydrogens is 416 g/mol. The Morgan fingerprint density at radius 2 is 1.87 bits per heavy atom. The number of hydrogen-bond acceptors (Lipinski definition) is 7. The summed E-state index contributed by atoms with van der Waals surface area (Å²) in [6.45, 7) is 4.47. The molecule has 0 saturated carbocycles. The first-order chi connectivity index (χ1) is 15.1. The third kappa shape index (κ3) is 5.46. The molecule has 1 aliphatic heterocycles. The van der Waals surface area contributed by atoms with Crippen molar-refractivity contribution in [1.29, 1.82) is 0 Å². The Morgan fingerprint density at radius 1 is 1.10 bits per heavy atom. The van der Waals surface area contributed by atoms with Gasteiger partial charge in [0.05, 0.1) is 31.8 Å². The number of thioether (sulfide) groups is 1. The molecule has 7 nitrogen and oxygen atoms in total. The van der Waals surface area contributed by atoms with Gasteiger partial charge < -0.3 is 14.2 Å². The minimum atomic E-state index is -0.357. The fourth-order valence-electron chi connectivity index (χ4n) is 2.93. The number of para-hydroxylation sites is 1. The van der Waals surface area contributed by atoms with Crippen LogP contribution in [-0.2, 0) is 14.3 Å². The van der Waals surface area contributed by atoms with Gasteiger partial charge in [-0.15, -0.1) is 0 Å². The van der Waals surface area contributed by atoms with Crippen LogP contribution >= 0.6 is 11.8 Å². The number of carbonyl (C=O) groups is 2. The summed E-state index contributed by atoms with van der Waals surface area (Å²) in [5.74, 6) is 0.634. The molecule has 0 aromatic heterocycles. The maximum Gasteiger partial charge on any atom is 0.316 e. The zero-order valence-corrected chi connectivity index (χ0v) is 18.5. The number of nitrogens with zero attached hydrogens (tertiary/aromatic N) is 2. The minimum Gasteiger partial charge on any atom is -0.493 e. The van der Waals surface area contributed by atoms with E-state index < -0.39 is 0 Å². The second kappa shape index (κ2) is 10.7. The predicted octanol–water partition coefficient (Wildman–Crippen LogP) is 4.13. The molecule has 0 atom stereocenters. The smallest absolute Gasteiger partial charge is 0.316 e. The molecule has 0 saturated heterocycles. The summed E-state index contributed by atoms with van der Waals surface area (Å²) in [4.78, 5) is 31.0. The lowest BCUT2D eigenvalue weighted by Crippen LogP contribution is -2.30. The topological polar surface area (TPSA) is 77.4 Å². The first kappa shape index (κ1) is 22.4. The molecule has 31 heavy (non-hydrogen) atoms. The van der Waals surface area contributed by atoms with Crippen molar-refractivity contribution in [3.63, 3.8) is 0 Å². The quantitative estimate of drug-likeness (QED) is 0.454. The number of ether oxygens (including phenoxy) is 3. The fraction of sp³-hybridized carbons (Fsp3) is 0.261. The second-order valence-electron chi connectivity index (χ2n) is 6.34. The van der Waals surface area contributed by atoms with Gasteiger partial charge in [0.1, 0.15) is 5.70 Å². The van der Waals surface area contributed by atoms with Gasteiger partial charge >= 0.3 is 5.97 Å². The molecular formula is C23H24N2O5S. The Labute approximate surface area is 185 Å². The van der Waals surface area contributed by atoms with Gasteiger partial charge in [-0.1, -0.05) is 36.0 Å². The maximum absolute atomic E-state index is 13.2. The molecule has 1 heterocycles. The van der Waals surface area contributed by atoms with Crippen molar-refractivity contribution in [2.24, 2.45) is 4.99 Å². The van der Waals surface area contributed by atoms with E-state index in [2.05, 4.69) is 4.99 Å². The predicted molar refractivity (Wildman–Crippen MR) is 123 cm³/mol. The monoisotopic (exact) mass is 440 g/mol. The van der Waals surface area contributed by atoms with Crippen LogP contribution in [0.25, 0.3) is 6.08 Å². The van der Waals surface area contributed by atoms with Crippen molar-refractivity contribution >= 4 is 40.6 Å². The molecule has 3 rings (SSSR count). The van der Waals surface area contributed by atoms with E-state index in [0.29, 0.717) is 35.6 Å². The number of esters is 1. The van der Waals surface area contributed by atoms with Crippen LogP contribution in [-0.4, -0.2) is 43.1 Å². The largest absolute Gasteiger partial charge is 0.493 e. The number of amides is 1. The van der Waals surface area contributed by atoms with Crippen molar-refractivity contribution in [2.75, 3.05) is 31.0 Å². The van der Waals surface area contributed by atoms with Crippen molar-refractivity contribution in [2.45, 2.75) is 13.8 Å². The number of amidine groups is 1. The molecule has 1 aliphatic rings. The van der Waals surface area contributed by atoms with Gasteiger partial charge in [0.15, 0.2) is 16.7 Å². The molecule has 0 radical (unpaired) electrons. The molecule has 8 heteroatoms. The molecule has 1 amide bonds. The van der Waals surface area contributed by atoms with Gasteiger partial charge in [-0.3, -0.25) is 14.5 Å². The lowest BCUT2D eigenvalue weighted by atomic mass is 10.1. The van der Waals surface area contributed by atoms with Gasteiger partial charge in [0, 0.05) is 0 Å². The van der Waals surface area contributed by atoms with E-state index in [1.54, 1.807) is 32.2 Å². The number of carbonyl (C=O) groups excluding carboxylic acids is 2. The first-order valence-electron chi connectivity index (χ1n) is 9.86. The zero-order chi connectivity index (χ0) is 22.2. The third-order valence-corrected chi connectivity index (χ3v) is 5.17. The van der Waals surface area contributed by atoms with E-state index in [1.807, 2.05) is 43.3 Å². The van der Waals surface area contributed by atoms with E-state index in [-0.39, 0.29) is 23.3 Å². The van der Waals surface area contributed by atoms with E-state index in [4.69, 9.17) is 14.2 Å². The summed E-state index contributed by atoms with van der Waals surface area (Å²) in [5, 5.41) is 0.424. The lowest BCUT2D eigenvalue weighted by Gasteiger charge is -2.17. The SMILES string of the molecule is CCOC(=O)CSC1=NC(=Cc2ccc(OCC)c(OC)c2)C(=O)N1c1ccccc1. The Morgan fingerprint density at radius 3 is 2.55 bits per heavy atom. The summed E-state index contributed by atoms with van der Waals surface area (Å²) in [6.07, 6.45) is 1.69. The van der Waals surface area contributed by atoms with Crippen molar-refractivity contribution in [3.05, 3.63) is 59.8 Å². The Bertz CT molecular complexity index is 1000. The molecule has 0 unspecified atom stereocenters. The third-order valence-electron chi connectivity index (χ3n) is 4.26. The molecule has 162 valence electrons. The van der Waals surface area contributed by atoms with Gasteiger partial charge in [0.2, 0.25) is 0 Å². The highest BCUT2D eigenvalue weighted by atomic mass is 32.2. The molecule has 2 aromatic rings. The fourth-order valence-corrected chi connectivity index (χ4v) is 3.74. The number of rotatable bonds is 8. The lowest BCUT2D eigenvalue weighted by molar-refractivity contribution is -0.139. The van der Waals surface area contributed by atoms with Crippen LogP contribution in [0.1, 0.15) is 19.4 Å². The second-order valence-corrected chi connectivity index (χ2v) is 7.28. The number of anilines is 1. The van der Waals surface area contributed by atoms with E-state index >= 15 is 0 Å². The molecule has 0 aliphatic carbocycles. The van der Waals surface area contributed by atoms with Crippen LogP contribution in [0.15, 0.2) is 59.2 Å². The summed E-state index contributed by atoms with van der Waals surface area (Å²) in [5.41, 5.74) is 1.69. The molecule has 2 aromatic carbocycles. The van der Waals surface area contributed by atoms with Crippen molar-refractivity contribution in [1.82, 2.24) is 0 Å². The average Bonchev–Trinajstić information content (AvgIpc) is 3.09. The summed E-state index contributed by atoms with van der Waals surface area (Å²) < 4.78 is 15.9. The van der Waals surface area contributed by atoms with Gasteiger partial charge in [-0.05, 0) is 49.8 Å². The van der Waals surface area contributed by atoms with Crippen molar-refractivity contribution in [3.8, 4) is 11.5 Å². The molecule has 0 fully saturated rings. The normalized spacial score (nSPS) is 14.5. The Hall–Kier alpha value is -3.26. The highest BCUT2D eigenvalue weighted by molar-refractivity contribution is 8.14. The van der Waals surface area contributed by atoms with E-state index in [9.17, 15) is 9.59 Å². The van der Waals surface area contributed by atoms with Gasteiger partial charge in [-0.25, -0.2) is 4.99 Å². The number of methoxy groups -OCH3 is 1. The standard InChI is InChI=1S/C23H24N2O5S/c1-4-29-19-12-11-16(14-20(19)28-3)13-18-22(27)25(17-9-7-6-8-10-17)23(24-18)31-15-21(26)30-5-2/h6-14H,4-5,15H2,1-3H3. The van der Waals surface area contributed by atoms with E-state index in [0.717, 1.165) is 17.3 Å².